The van der Waals surface area contributed by atoms with E-state index in [1.807, 2.05) is 35.4 Å². The Hall–Kier alpha value is -2.82. The molecule has 1 saturated heterocycles. The van der Waals surface area contributed by atoms with Crippen LogP contribution in [0, 0.1) is 0 Å². The van der Waals surface area contributed by atoms with Crippen molar-refractivity contribution in [3.63, 3.8) is 0 Å². The number of hydrogen-bond donors (Lipinski definition) is 1. The molecule has 1 aliphatic heterocycles. The van der Waals surface area contributed by atoms with E-state index < -0.39 is 0 Å². The molecule has 0 aliphatic carbocycles. The average Bonchev–Trinajstić information content (AvgIpc) is 3.16. The molecular weight excluding hydrogens is 302 g/mol. The quantitative estimate of drug-likeness (QED) is 0.801. The van der Waals surface area contributed by atoms with Gasteiger partial charge < -0.3 is 14.6 Å². The van der Waals surface area contributed by atoms with E-state index in [2.05, 4.69) is 16.4 Å². The normalized spacial score (nSPS) is 17.8. The highest BCUT2D eigenvalue weighted by Gasteiger charge is 2.26. The van der Waals surface area contributed by atoms with E-state index in [-0.39, 0.29) is 11.9 Å². The summed E-state index contributed by atoms with van der Waals surface area (Å²) in [7, 11) is 0. The van der Waals surface area contributed by atoms with Gasteiger partial charge in [0.1, 0.15) is 0 Å². The van der Waals surface area contributed by atoms with Crippen LogP contribution in [0.3, 0.4) is 0 Å². The maximum absolute atomic E-state index is 12.5. The summed E-state index contributed by atoms with van der Waals surface area (Å²) in [5, 5.41) is 4.70. The van der Waals surface area contributed by atoms with Gasteiger partial charge in [-0.05, 0) is 37.1 Å². The van der Waals surface area contributed by atoms with E-state index in [9.17, 15) is 4.79 Å². The Morgan fingerprint density at radius 2 is 2.12 bits per heavy atom. The first-order valence-corrected chi connectivity index (χ1v) is 8.24. The summed E-state index contributed by atoms with van der Waals surface area (Å²) in [6.45, 7) is 1.45. The number of nitrogens with one attached hydrogen (secondary N) is 1. The first-order chi connectivity index (χ1) is 11.8. The van der Waals surface area contributed by atoms with Crippen LogP contribution in [0.2, 0.25) is 0 Å². The fourth-order valence-corrected chi connectivity index (χ4v) is 3.28. The molecule has 0 radical (unpaired) electrons. The third-order valence-electron chi connectivity index (χ3n) is 4.45. The van der Waals surface area contributed by atoms with Gasteiger partial charge in [-0.3, -0.25) is 9.78 Å². The van der Waals surface area contributed by atoms with Crippen LogP contribution in [-0.4, -0.2) is 34.9 Å². The van der Waals surface area contributed by atoms with Crippen LogP contribution in [0.25, 0.3) is 10.9 Å². The number of likely N-dealkylation sites (tertiary alicyclic amines) is 1. The number of hydrogen-bond acceptors (Lipinski definition) is 4. The predicted molar refractivity (Wildman–Crippen MR) is 93.0 cm³/mol. The molecule has 0 bridgehead atoms. The minimum Gasteiger partial charge on any atom is -0.459 e. The fraction of sp³-hybridized carbons (Fsp3) is 0.263. The van der Waals surface area contributed by atoms with Gasteiger partial charge in [0.15, 0.2) is 5.76 Å². The number of para-hydroxylation sites is 1. The van der Waals surface area contributed by atoms with Crippen molar-refractivity contribution in [2.45, 2.75) is 18.9 Å². The Balaban J connectivity index is 1.51. The molecule has 1 unspecified atom stereocenters. The fourth-order valence-electron chi connectivity index (χ4n) is 3.28. The second-order valence-corrected chi connectivity index (χ2v) is 6.09. The van der Waals surface area contributed by atoms with E-state index in [0.29, 0.717) is 12.3 Å². The Kier molecular flexibility index (Phi) is 3.91. The van der Waals surface area contributed by atoms with Gasteiger partial charge in [0, 0.05) is 36.4 Å². The number of rotatable bonds is 3. The third kappa shape index (κ3) is 2.85. The molecule has 2 aromatic heterocycles. The first-order valence-electron chi connectivity index (χ1n) is 8.24. The lowest BCUT2D eigenvalue weighted by Gasteiger charge is -2.33. The minimum atomic E-state index is -0.0360. The summed E-state index contributed by atoms with van der Waals surface area (Å²) in [4.78, 5) is 18.7. The lowest BCUT2D eigenvalue weighted by Crippen LogP contribution is -2.45. The molecule has 24 heavy (non-hydrogen) atoms. The van der Waals surface area contributed by atoms with Crippen LogP contribution in [0.1, 0.15) is 23.4 Å². The van der Waals surface area contributed by atoms with E-state index in [1.54, 1.807) is 12.1 Å². The van der Waals surface area contributed by atoms with Crippen molar-refractivity contribution in [2.24, 2.45) is 0 Å². The number of benzene rings is 1. The van der Waals surface area contributed by atoms with Crippen LogP contribution in [0.5, 0.6) is 0 Å². The molecule has 122 valence electrons. The summed E-state index contributed by atoms with van der Waals surface area (Å²) in [6, 6.07) is 13.8. The molecule has 1 fully saturated rings. The second-order valence-electron chi connectivity index (χ2n) is 6.09. The van der Waals surface area contributed by atoms with Gasteiger partial charge in [0.2, 0.25) is 0 Å². The molecule has 1 aromatic carbocycles. The molecule has 0 saturated carbocycles. The number of furan rings is 1. The summed E-state index contributed by atoms with van der Waals surface area (Å²) >= 11 is 0. The van der Waals surface area contributed by atoms with Crippen molar-refractivity contribution >= 4 is 22.5 Å². The van der Waals surface area contributed by atoms with Crippen molar-refractivity contribution in [3.8, 4) is 0 Å². The number of carbonyl (C=O) groups excluding carboxylic acids is 1. The Morgan fingerprint density at radius 1 is 1.21 bits per heavy atom. The van der Waals surface area contributed by atoms with Crippen molar-refractivity contribution in [2.75, 3.05) is 18.4 Å². The monoisotopic (exact) mass is 321 g/mol. The van der Waals surface area contributed by atoms with Crippen LogP contribution in [0.4, 0.5) is 5.69 Å². The molecule has 1 aliphatic rings. The van der Waals surface area contributed by atoms with Crippen molar-refractivity contribution in [3.05, 3.63) is 60.7 Å². The van der Waals surface area contributed by atoms with Gasteiger partial charge in [-0.1, -0.05) is 18.2 Å². The van der Waals surface area contributed by atoms with Crippen LogP contribution in [0.15, 0.2) is 59.3 Å². The van der Waals surface area contributed by atoms with Crippen molar-refractivity contribution in [1.29, 1.82) is 0 Å². The maximum atomic E-state index is 12.5. The summed E-state index contributed by atoms with van der Waals surface area (Å²) in [5.74, 6) is 0.371. The molecule has 1 amide bonds. The Labute approximate surface area is 140 Å². The number of nitrogens with zero attached hydrogens (tertiary/aromatic N) is 2. The largest absolute Gasteiger partial charge is 0.459 e. The van der Waals surface area contributed by atoms with E-state index in [4.69, 9.17) is 4.42 Å². The second kappa shape index (κ2) is 6.35. The highest BCUT2D eigenvalue weighted by Crippen LogP contribution is 2.24. The summed E-state index contributed by atoms with van der Waals surface area (Å²) < 4.78 is 5.24. The van der Waals surface area contributed by atoms with Gasteiger partial charge in [-0.25, -0.2) is 0 Å². The van der Waals surface area contributed by atoms with Crippen LogP contribution >= 0.6 is 0 Å². The van der Waals surface area contributed by atoms with Crippen LogP contribution in [-0.2, 0) is 0 Å². The van der Waals surface area contributed by atoms with E-state index in [1.165, 1.54) is 6.26 Å². The standard InChI is InChI=1S/C19H19N3O2/c23-19(18-8-4-12-24-18)22-11-3-5-14(13-22)21-17-9-10-20-16-7-2-1-6-15(16)17/h1-2,4,6-10,12,14H,3,5,11,13H2,(H,20,21). The van der Waals surface area contributed by atoms with Crippen LogP contribution < -0.4 is 5.32 Å². The molecule has 5 heteroatoms. The zero-order chi connectivity index (χ0) is 16.4. The third-order valence-corrected chi connectivity index (χ3v) is 4.45. The molecule has 1 atom stereocenters. The van der Waals surface area contributed by atoms with Gasteiger partial charge in [0.05, 0.1) is 11.8 Å². The lowest BCUT2D eigenvalue weighted by atomic mass is 10.0. The molecular formula is C19H19N3O2. The topological polar surface area (TPSA) is 58.4 Å². The Bertz CT molecular complexity index is 839. The number of carbonyl (C=O) groups is 1. The van der Waals surface area contributed by atoms with E-state index in [0.717, 1.165) is 36.0 Å². The predicted octanol–water partition coefficient (Wildman–Crippen LogP) is 3.54. The summed E-state index contributed by atoms with van der Waals surface area (Å²) in [6.07, 6.45) is 5.38. The average molecular weight is 321 g/mol. The molecule has 3 heterocycles. The molecule has 5 nitrogen and oxygen atoms in total. The van der Waals surface area contributed by atoms with Crippen molar-refractivity contribution < 1.29 is 9.21 Å². The molecule has 0 spiro atoms. The SMILES string of the molecule is O=C(c1ccco1)N1CCCC(Nc2ccnc3ccccc23)C1. The number of amides is 1. The molecule has 1 N–H and O–H groups in total. The van der Waals surface area contributed by atoms with Gasteiger partial charge in [0.25, 0.3) is 5.91 Å². The van der Waals surface area contributed by atoms with Gasteiger partial charge >= 0.3 is 0 Å². The number of fused-ring (bicyclic) bond motifs is 1. The molecule has 4 rings (SSSR count). The highest BCUT2D eigenvalue weighted by molar-refractivity contribution is 5.92. The van der Waals surface area contributed by atoms with E-state index >= 15 is 0 Å². The number of anilines is 1. The number of aromatic nitrogens is 1. The zero-order valence-corrected chi connectivity index (χ0v) is 13.3. The number of pyridine rings is 1. The van der Waals surface area contributed by atoms with Crippen molar-refractivity contribution in [1.82, 2.24) is 9.88 Å². The zero-order valence-electron chi connectivity index (χ0n) is 13.3. The summed E-state index contributed by atoms with van der Waals surface area (Å²) in [5.41, 5.74) is 2.04. The smallest absolute Gasteiger partial charge is 0.289 e. The maximum Gasteiger partial charge on any atom is 0.289 e. The first kappa shape index (κ1) is 14.8. The minimum absolute atomic E-state index is 0.0360. The number of piperidine rings is 1. The van der Waals surface area contributed by atoms with Gasteiger partial charge in [-0.15, -0.1) is 0 Å². The van der Waals surface area contributed by atoms with Gasteiger partial charge in [-0.2, -0.15) is 0 Å². The Morgan fingerprint density at radius 3 is 3.00 bits per heavy atom. The highest BCUT2D eigenvalue weighted by atomic mass is 16.3. The molecule has 3 aromatic rings. The lowest BCUT2D eigenvalue weighted by molar-refractivity contribution is 0.0682.